The van der Waals surface area contributed by atoms with Crippen LogP contribution in [0.15, 0.2) is 97.6 Å². The summed E-state index contributed by atoms with van der Waals surface area (Å²) in [5.74, 6) is 2.88. The van der Waals surface area contributed by atoms with E-state index in [0.29, 0.717) is 41.9 Å². The maximum absolute atomic E-state index is 12.9. The summed E-state index contributed by atoms with van der Waals surface area (Å²) in [4.78, 5) is 99.8. The molecule has 0 bridgehead atoms. The number of nitrogens with zero attached hydrogens (tertiary/aromatic N) is 8. The molecule has 7 rings (SSSR count). The number of amides is 7. The van der Waals surface area contributed by atoms with Crippen molar-refractivity contribution in [1.29, 1.82) is 0 Å². The van der Waals surface area contributed by atoms with Gasteiger partial charge in [-0.15, -0.1) is 6.58 Å². The van der Waals surface area contributed by atoms with E-state index in [0.717, 1.165) is 194 Å². The van der Waals surface area contributed by atoms with Gasteiger partial charge in [-0.25, -0.2) is 0 Å². The van der Waals surface area contributed by atoms with Crippen molar-refractivity contribution >= 4 is 41.4 Å². The third kappa shape index (κ3) is 46.5. The number of benzene rings is 2. The lowest BCUT2D eigenvalue weighted by atomic mass is 9.91. The Labute approximate surface area is 662 Å². The first-order valence-corrected chi connectivity index (χ1v) is 43.9. The highest BCUT2D eigenvalue weighted by atomic mass is 16.2. The van der Waals surface area contributed by atoms with E-state index in [1.165, 1.54) is 140 Å². The van der Waals surface area contributed by atoms with Gasteiger partial charge in [-0.3, -0.25) is 33.6 Å². The second-order valence-corrected chi connectivity index (χ2v) is 31.2. The average Bonchev–Trinajstić information content (AvgIpc) is 0.847. The molecular formula is C93H162N8O7. The molecule has 5 aliphatic heterocycles. The molecule has 0 aromatic heterocycles. The largest absolute Gasteiger partial charge is 0.349 e. The molecule has 616 valence electrons. The van der Waals surface area contributed by atoms with Crippen LogP contribution in [0, 0.1) is 11.8 Å². The molecule has 2 aromatic rings. The van der Waals surface area contributed by atoms with E-state index >= 15 is 0 Å². The zero-order chi connectivity index (χ0) is 79.8. The van der Waals surface area contributed by atoms with E-state index in [9.17, 15) is 33.6 Å². The van der Waals surface area contributed by atoms with Gasteiger partial charge in [0.1, 0.15) is 0 Å². The molecular weight excluding hydrogens is 1340 g/mol. The van der Waals surface area contributed by atoms with Gasteiger partial charge in [-0.05, 0) is 166 Å². The molecule has 15 nitrogen and oxygen atoms in total. The Balaban J connectivity index is 0.000000637. The Bertz CT molecular complexity index is 2620. The number of hydrogen-bond acceptors (Lipinski definition) is 8. The average molecular weight is 1500 g/mol. The van der Waals surface area contributed by atoms with Crippen LogP contribution in [0.2, 0.25) is 0 Å². The lowest BCUT2D eigenvalue weighted by Crippen LogP contribution is -2.47. The first-order valence-electron chi connectivity index (χ1n) is 43.9. The van der Waals surface area contributed by atoms with Crippen LogP contribution in [0.3, 0.4) is 0 Å². The summed E-state index contributed by atoms with van der Waals surface area (Å²) in [6, 6.07) is 20.6. The van der Waals surface area contributed by atoms with Gasteiger partial charge in [0.25, 0.3) is 0 Å². The quantitative estimate of drug-likeness (QED) is 0.0284. The number of hydrogen-bond donors (Lipinski definition) is 0. The number of likely N-dealkylation sites (N-methyl/N-ethyl adjacent to an activating group) is 1. The lowest BCUT2D eigenvalue weighted by Gasteiger charge is -2.32. The van der Waals surface area contributed by atoms with Crippen molar-refractivity contribution in [3.63, 3.8) is 0 Å². The predicted octanol–water partition coefficient (Wildman–Crippen LogP) is 20.7. The van der Waals surface area contributed by atoms with E-state index in [1.54, 1.807) is 36.0 Å². The third-order valence-corrected chi connectivity index (χ3v) is 21.3. The molecule has 2 aromatic carbocycles. The maximum Gasteiger partial charge on any atom is 0.246 e. The van der Waals surface area contributed by atoms with Gasteiger partial charge in [0, 0.05) is 137 Å². The van der Waals surface area contributed by atoms with Crippen LogP contribution < -0.4 is 0 Å². The van der Waals surface area contributed by atoms with Crippen LogP contribution in [-0.4, -0.2) is 194 Å². The van der Waals surface area contributed by atoms with Crippen LogP contribution in [0.5, 0.6) is 0 Å². The smallest absolute Gasteiger partial charge is 0.246 e. The minimum absolute atomic E-state index is 0.0362. The van der Waals surface area contributed by atoms with Crippen molar-refractivity contribution in [3.8, 4) is 0 Å². The van der Waals surface area contributed by atoms with Crippen LogP contribution in [-0.2, 0) is 33.6 Å². The highest BCUT2D eigenvalue weighted by Gasteiger charge is 2.29. The van der Waals surface area contributed by atoms with E-state index in [-0.39, 0.29) is 29.6 Å². The molecule has 5 fully saturated rings. The molecule has 15 heteroatoms. The number of piperazine rings is 1. The third-order valence-electron chi connectivity index (χ3n) is 21.3. The van der Waals surface area contributed by atoms with Crippen molar-refractivity contribution in [2.75, 3.05) is 114 Å². The fourth-order valence-electron chi connectivity index (χ4n) is 14.2. The molecule has 5 aliphatic rings. The molecule has 0 spiro atoms. The number of allylic oxidation sites excluding steroid dienone is 4. The molecule has 0 saturated carbocycles. The van der Waals surface area contributed by atoms with Gasteiger partial charge >= 0.3 is 0 Å². The molecule has 5 heterocycles. The molecule has 2 atom stereocenters. The highest BCUT2D eigenvalue weighted by molar-refractivity contribution is 5.88. The fraction of sp³-hybridized carbons (Fsp3) is 0.731. The zero-order valence-electron chi connectivity index (χ0n) is 71.7. The summed E-state index contributed by atoms with van der Waals surface area (Å²) < 4.78 is 0. The van der Waals surface area contributed by atoms with E-state index in [4.69, 9.17) is 0 Å². The predicted molar refractivity (Wildman–Crippen MR) is 457 cm³/mol. The molecule has 0 N–H and O–H groups in total. The number of likely N-dealkylation sites (tertiary alicyclic amines) is 4. The number of carbonyl (C=O) groups is 7. The van der Waals surface area contributed by atoms with Crippen molar-refractivity contribution in [1.82, 2.24) is 39.2 Å². The first kappa shape index (κ1) is 99.9. The Morgan fingerprint density at radius 3 is 1.14 bits per heavy atom. The summed E-state index contributed by atoms with van der Waals surface area (Å²) in [5, 5.41) is 0. The first-order chi connectivity index (χ1) is 52.3. The van der Waals surface area contributed by atoms with Gasteiger partial charge in [-0.2, -0.15) is 0 Å². The summed E-state index contributed by atoms with van der Waals surface area (Å²) in [6.45, 7) is 32.5. The van der Waals surface area contributed by atoms with Gasteiger partial charge in [0.2, 0.25) is 41.4 Å². The molecule has 0 radical (unpaired) electrons. The van der Waals surface area contributed by atoms with Crippen LogP contribution in [0.1, 0.15) is 329 Å². The summed E-state index contributed by atoms with van der Waals surface area (Å²) >= 11 is 0. The highest BCUT2D eigenvalue weighted by Crippen LogP contribution is 2.29. The molecule has 108 heavy (non-hydrogen) atoms. The Hall–Kier alpha value is -6.09. The van der Waals surface area contributed by atoms with Gasteiger partial charge in [0.05, 0.1) is 11.8 Å². The Morgan fingerprint density at radius 1 is 0.389 bits per heavy atom. The van der Waals surface area contributed by atoms with E-state index < -0.39 is 0 Å². The lowest BCUT2D eigenvalue weighted by molar-refractivity contribution is -0.137. The molecule has 7 amide bonds. The monoisotopic (exact) mass is 1500 g/mol. The van der Waals surface area contributed by atoms with E-state index in [2.05, 4.69) is 106 Å². The molecule has 2 unspecified atom stereocenters. The summed E-state index contributed by atoms with van der Waals surface area (Å²) in [5.41, 5.74) is 2.36. The van der Waals surface area contributed by atoms with Crippen molar-refractivity contribution < 1.29 is 33.6 Å². The SMILES string of the molecule is C/C=C/C=C/C(=O)N1CCCCC1.C=CCCCCC(C(=O)N1CCCCC1)c1ccccc1.CCCCC(C(=O)N1CCCCC1)c1ccccc1.CCCCC(CCCC)C(=O)N(C)C.CCCCC(CCCC)C(=O)N1CCCCC1.CCCCCC(=O)N(C)C.CCCCCC(=O)N1CCN(C)CC1. The van der Waals surface area contributed by atoms with Crippen molar-refractivity contribution in [2.24, 2.45) is 11.8 Å². The minimum Gasteiger partial charge on any atom is -0.349 e. The molecule has 0 aliphatic carbocycles. The fourth-order valence-corrected chi connectivity index (χ4v) is 14.2. The standard InChI is InChI=1S/C19H27NO.C17H25NO.C15H29NO.C12H25NO.C11H22N2O.C11H17NO.C8H17NO/c1-2-3-4-9-14-18(17-12-7-5-8-13-17)19(21)20-15-10-6-11-16-20;1-2-3-12-16(15-10-6-4-7-11-15)17(19)18-13-8-5-9-14-18;1-3-5-10-14(11-6-4-2)15(17)16-12-8-7-9-13-16;1-5-7-9-11(10-8-6-2)12(14)13(3)4;1-3-4-5-6-11(14)13-9-7-12(2)8-10-13;1-2-3-5-8-11(13)12-9-6-4-7-10-12;1-4-5-6-7-8(10)9(2)3/h2,5,7-8,12-13,18H,1,3-4,6,9-11,14-16H2;4,6-7,10-11,16H,2-3,5,8-9,12-14H2,1H3;14H,3-13H2,1-2H3;11H,5-10H2,1-4H3;3-10H2,1-2H3;2-3,5,8H,4,6-7,9-10H2,1H3;4-7H2,1-3H3/b;;;;;3-2+,8-5+;. The zero-order valence-corrected chi connectivity index (χ0v) is 71.7. The Morgan fingerprint density at radius 2 is 0.759 bits per heavy atom. The topological polar surface area (TPSA) is 145 Å². The normalized spacial score (nSPS) is 15.8. The van der Waals surface area contributed by atoms with Gasteiger partial charge in [-0.1, -0.05) is 230 Å². The number of unbranched alkanes of at least 4 members (excludes halogenated alkanes) is 11. The van der Waals surface area contributed by atoms with Crippen molar-refractivity contribution in [2.45, 2.75) is 318 Å². The molecule has 5 saturated heterocycles. The summed E-state index contributed by atoms with van der Waals surface area (Å²) in [7, 11) is 9.42. The van der Waals surface area contributed by atoms with E-state index in [1.807, 2.05) is 85.4 Å². The number of rotatable bonds is 36. The summed E-state index contributed by atoms with van der Waals surface area (Å²) in [6.07, 6.45) is 53.3. The Kier molecular flexibility index (Phi) is 61.7. The number of carbonyl (C=O) groups excluding carboxylic acids is 7. The van der Waals surface area contributed by atoms with Gasteiger partial charge < -0.3 is 39.2 Å². The second-order valence-electron chi connectivity index (χ2n) is 31.2. The van der Waals surface area contributed by atoms with Crippen LogP contribution in [0.25, 0.3) is 0 Å². The van der Waals surface area contributed by atoms with Crippen molar-refractivity contribution in [3.05, 3.63) is 109 Å². The van der Waals surface area contributed by atoms with Crippen LogP contribution >= 0.6 is 0 Å². The maximum atomic E-state index is 12.9. The second kappa shape index (κ2) is 66.7. The number of piperidine rings is 4. The van der Waals surface area contributed by atoms with Gasteiger partial charge in [0.15, 0.2) is 0 Å². The minimum atomic E-state index is 0.0362. The van der Waals surface area contributed by atoms with Crippen LogP contribution in [0.4, 0.5) is 0 Å².